The van der Waals surface area contributed by atoms with Gasteiger partial charge in [0.2, 0.25) is 0 Å². The Bertz CT molecular complexity index is 624. The molecule has 0 unspecified atom stereocenters. The van der Waals surface area contributed by atoms with Gasteiger partial charge in [0.05, 0.1) is 12.3 Å². The van der Waals surface area contributed by atoms with Gasteiger partial charge in [-0.25, -0.2) is 4.98 Å². The Balaban J connectivity index is 2.57. The van der Waals surface area contributed by atoms with Crippen molar-refractivity contribution in [1.82, 2.24) is 4.98 Å². The molecule has 1 atom stereocenters. The van der Waals surface area contributed by atoms with E-state index < -0.39 is 24.6 Å². The Morgan fingerprint density at radius 3 is 2.29 bits per heavy atom. The monoisotopic (exact) mass is 297 g/mol. The number of benzene rings is 1. The van der Waals surface area contributed by atoms with Crippen LogP contribution in [-0.2, 0) is 6.18 Å². The molecule has 6 heteroatoms. The van der Waals surface area contributed by atoms with Gasteiger partial charge in [0.15, 0.2) is 0 Å². The van der Waals surface area contributed by atoms with E-state index in [9.17, 15) is 18.3 Å². The van der Waals surface area contributed by atoms with Crippen LogP contribution in [0.5, 0.6) is 0 Å². The van der Waals surface area contributed by atoms with Gasteiger partial charge < -0.3 is 10.2 Å². The van der Waals surface area contributed by atoms with E-state index in [1.165, 1.54) is 6.07 Å². The topological polar surface area (TPSA) is 53.4 Å². The average molecular weight is 297 g/mol. The summed E-state index contributed by atoms with van der Waals surface area (Å²) in [6.45, 7) is 1.21. The predicted octanol–water partition coefficient (Wildman–Crippen LogP) is 3.10. The molecule has 0 bridgehead atoms. The molecule has 0 saturated carbocycles. The first-order chi connectivity index (χ1) is 9.81. The lowest BCUT2D eigenvalue weighted by molar-refractivity contribution is -0.141. The molecule has 2 rings (SSSR count). The molecule has 3 nitrogen and oxygen atoms in total. The van der Waals surface area contributed by atoms with Crippen LogP contribution in [0.1, 0.15) is 22.9 Å². The van der Waals surface area contributed by atoms with Gasteiger partial charge in [-0.3, -0.25) is 0 Å². The Hall–Kier alpha value is -1.92. The molecule has 0 aliphatic rings. The molecule has 1 aromatic heterocycles. The third-order valence-electron chi connectivity index (χ3n) is 3.04. The zero-order valence-corrected chi connectivity index (χ0v) is 11.2. The maximum atomic E-state index is 12.9. The molecule has 0 aliphatic heterocycles. The second-order valence-electron chi connectivity index (χ2n) is 4.73. The van der Waals surface area contributed by atoms with Crippen LogP contribution in [-0.4, -0.2) is 21.8 Å². The summed E-state index contributed by atoms with van der Waals surface area (Å²) >= 11 is 0. The summed E-state index contributed by atoms with van der Waals surface area (Å²) in [6, 6.07) is 8.94. The minimum atomic E-state index is -4.62. The molecule has 2 aromatic rings. The first-order valence-electron chi connectivity index (χ1n) is 6.26. The zero-order chi connectivity index (χ0) is 15.6. The Morgan fingerprint density at radius 2 is 1.76 bits per heavy atom. The second kappa shape index (κ2) is 5.83. The molecule has 0 saturated heterocycles. The summed E-state index contributed by atoms with van der Waals surface area (Å²) in [6.07, 6.45) is -6.00. The van der Waals surface area contributed by atoms with Crippen LogP contribution in [0.15, 0.2) is 36.4 Å². The first kappa shape index (κ1) is 15.5. The highest BCUT2D eigenvalue weighted by Crippen LogP contribution is 2.32. The number of aliphatic hydroxyl groups excluding tert-OH is 2. The molecule has 0 fully saturated rings. The van der Waals surface area contributed by atoms with Gasteiger partial charge in [0.1, 0.15) is 11.8 Å². The summed E-state index contributed by atoms with van der Waals surface area (Å²) in [4.78, 5) is 3.60. The van der Waals surface area contributed by atoms with Crippen molar-refractivity contribution in [2.24, 2.45) is 0 Å². The number of aliphatic hydroxyl groups is 2. The molecule has 1 aromatic carbocycles. The second-order valence-corrected chi connectivity index (χ2v) is 4.73. The summed E-state index contributed by atoms with van der Waals surface area (Å²) in [5.74, 6) is 0. The number of alkyl halides is 3. The van der Waals surface area contributed by atoms with Gasteiger partial charge in [0.25, 0.3) is 0 Å². The molecule has 0 aliphatic carbocycles. The zero-order valence-electron chi connectivity index (χ0n) is 11.2. The van der Waals surface area contributed by atoms with E-state index in [1.54, 1.807) is 24.3 Å². The molecule has 1 heterocycles. The minimum Gasteiger partial charge on any atom is -0.393 e. The van der Waals surface area contributed by atoms with Crippen molar-refractivity contribution in [3.05, 3.63) is 53.2 Å². The minimum absolute atomic E-state index is 0.0181. The fourth-order valence-electron chi connectivity index (χ4n) is 1.87. The van der Waals surface area contributed by atoms with E-state index in [2.05, 4.69) is 4.98 Å². The van der Waals surface area contributed by atoms with Gasteiger partial charge >= 0.3 is 6.18 Å². The van der Waals surface area contributed by atoms with Crippen molar-refractivity contribution in [2.75, 3.05) is 6.61 Å². The van der Waals surface area contributed by atoms with Crippen molar-refractivity contribution in [3.8, 4) is 11.3 Å². The maximum Gasteiger partial charge on any atom is 0.433 e. The van der Waals surface area contributed by atoms with Crippen molar-refractivity contribution >= 4 is 0 Å². The summed E-state index contributed by atoms with van der Waals surface area (Å²) < 4.78 is 38.7. The van der Waals surface area contributed by atoms with Gasteiger partial charge in [-0.15, -0.1) is 0 Å². The Morgan fingerprint density at radius 1 is 1.14 bits per heavy atom. The number of halogens is 3. The molecule has 0 radical (unpaired) electrons. The van der Waals surface area contributed by atoms with E-state index in [4.69, 9.17) is 5.11 Å². The van der Waals surface area contributed by atoms with Gasteiger partial charge in [0, 0.05) is 5.56 Å². The van der Waals surface area contributed by atoms with Crippen LogP contribution in [0.4, 0.5) is 13.2 Å². The molecule has 0 spiro atoms. The van der Waals surface area contributed by atoms with E-state index in [1.807, 2.05) is 6.92 Å². The molecular formula is C15H14F3NO2. The SMILES string of the molecule is Cc1ccc(-c2cc([C@H](O)CO)cc(C(F)(F)F)n2)cc1. The highest BCUT2D eigenvalue weighted by molar-refractivity contribution is 5.60. The van der Waals surface area contributed by atoms with E-state index in [0.717, 1.165) is 11.6 Å². The van der Waals surface area contributed by atoms with Crippen molar-refractivity contribution in [3.63, 3.8) is 0 Å². The van der Waals surface area contributed by atoms with E-state index in [0.29, 0.717) is 5.56 Å². The lowest BCUT2D eigenvalue weighted by atomic mass is 10.0. The normalized spacial score (nSPS) is 13.2. The number of aryl methyl sites for hydroxylation is 1. The van der Waals surface area contributed by atoms with Crippen LogP contribution in [0.2, 0.25) is 0 Å². The van der Waals surface area contributed by atoms with Gasteiger partial charge in [-0.2, -0.15) is 13.2 Å². The van der Waals surface area contributed by atoms with Crippen LogP contribution in [0, 0.1) is 6.92 Å². The molecule has 112 valence electrons. The number of rotatable bonds is 3. The van der Waals surface area contributed by atoms with E-state index in [-0.39, 0.29) is 11.3 Å². The fourth-order valence-corrected chi connectivity index (χ4v) is 1.87. The first-order valence-corrected chi connectivity index (χ1v) is 6.26. The third kappa shape index (κ3) is 3.59. The standard InChI is InChI=1S/C15H14F3NO2/c1-9-2-4-10(5-3-9)12-6-11(13(21)8-20)7-14(19-12)15(16,17)18/h2-7,13,20-21H,8H2,1H3/t13-/m1/s1. The smallest absolute Gasteiger partial charge is 0.393 e. The average Bonchev–Trinajstić information content (AvgIpc) is 2.45. The summed E-state index contributed by atoms with van der Waals surface area (Å²) in [7, 11) is 0. The number of pyridine rings is 1. The highest BCUT2D eigenvalue weighted by Gasteiger charge is 2.33. The number of nitrogens with zero attached hydrogens (tertiary/aromatic N) is 1. The van der Waals surface area contributed by atoms with Crippen LogP contribution in [0.25, 0.3) is 11.3 Å². The lowest BCUT2D eigenvalue weighted by Gasteiger charge is -2.14. The molecule has 2 N–H and O–H groups in total. The largest absolute Gasteiger partial charge is 0.433 e. The van der Waals surface area contributed by atoms with Crippen molar-refractivity contribution < 1.29 is 23.4 Å². The molecular weight excluding hydrogens is 283 g/mol. The van der Waals surface area contributed by atoms with Crippen molar-refractivity contribution in [1.29, 1.82) is 0 Å². The molecule has 0 amide bonds. The third-order valence-corrected chi connectivity index (χ3v) is 3.04. The number of hydrogen-bond acceptors (Lipinski definition) is 3. The molecule has 21 heavy (non-hydrogen) atoms. The quantitative estimate of drug-likeness (QED) is 0.915. The highest BCUT2D eigenvalue weighted by atomic mass is 19.4. The van der Waals surface area contributed by atoms with Gasteiger partial charge in [-0.05, 0) is 24.6 Å². The van der Waals surface area contributed by atoms with Gasteiger partial charge in [-0.1, -0.05) is 29.8 Å². The van der Waals surface area contributed by atoms with Crippen LogP contribution >= 0.6 is 0 Å². The van der Waals surface area contributed by atoms with Crippen molar-refractivity contribution in [2.45, 2.75) is 19.2 Å². The predicted molar refractivity (Wildman–Crippen MR) is 71.5 cm³/mol. The number of aromatic nitrogens is 1. The Kier molecular flexibility index (Phi) is 4.29. The summed E-state index contributed by atoms with van der Waals surface area (Å²) in [5.41, 5.74) is 0.477. The van der Waals surface area contributed by atoms with E-state index >= 15 is 0 Å². The Labute approximate surface area is 119 Å². The van der Waals surface area contributed by atoms with Crippen LogP contribution < -0.4 is 0 Å². The van der Waals surface area contributed by atoms with Crippen LogP contribution in [0.3, 0.4) is 0 Å². The lowest BCUT2D eigenvalue weighted by Crippen LogP contribution is -2.12. The maximum absolute atomic E-state index is 12.9. The summed E-state index contributed by atoms with van der Waals surface area (Å²) in [5, 5.41) is 18.5. The fraction of sp³-hybridized carbons (Fsp3) is 0.267. The number of hydrogen-bond donors (Lipinski definition) is 2.